The summed E-state index contributed by atoms with van der Waals surface area (Å²) in [6, 6.07) is 3.29. The van der Waals surface area contributed by atoms with Crippen LogP contribution in [0.5, 0.6) is 0 Å². The van der Waals surface area contributed by atoms with E-state index < -0.39 is 29.7 Å². The third-order valence-electron chi connectivity index (χ3n) is 3.36. The Morgan fingerprint density at radius 1 is 1.45 bits per heavy atom. The molecule has 1 aromatic carbocycles. The molecule has 20 heavy (non-hydrogen) atoms. The molecule has 1 aromatic rings. The van der Waals surface area contributed by atoms with Crippen molar-refractivity contribution in [2.24, 2.45) is 5.92 Å². The Bertz CT molecular complexity index is 531. The predicted octanol–water partition coefficient (Wildman–Crippen LogP) is 1.65. The second-order valence-electron chi connectivity index (χ2n) is 4.56. The zero-order valence-electron chi connectivity index (χ0n) is 10.7. The number of nitrogens with zero attached hydrogens (tertiary/aromatic N) is 1. The summed E-state index contributed by atoms with van der Waals surface area (Å²) < 4.78 is 18.8. The van der Waals surface area contributed by atoms with Crippen LogP contribution in [0.2, 0.25) is 5.02 Å². The highest BCUT2D eigenvalue weighted by molar-refractivity contribution is 6.33. The highest BCUT2D eigenvalue weighted by Gasteiger charge is 2.39. The Hall–Kier alpha value is -1.66. The number of benzene rings is 1. The molecule has 2 unspecified atom stereocenters. The summed E-state index contributed by atoms with van der Waals surface area (Å²) in [7, 11) is 1.42. The van der Waals surface area contributed by atoms with E-state index in [9.17, 15) is 14.0 Å². The molecule has 108 valence electrons. The summed E-state index contributed by atoms with van der Waals surface area (Å²) in [5.74, 6) is -3.27. The number of rotatable bonds is 3. The lowest BCUT2D eigenvalue weighted by Gasteiger charge is -2.26. The molecule has 1 aliphatic heterocycles. The number of carbonyl (C=O) groups excluding carboxylic acids is 1. The van der Waals surface area contributed by atoms with E-state index in [-0.39, 0.29) is 23.8 Å². The molecule has 7 heteroatoms. The summed E-state index contributed by atoms with van der Waals surface area (Å²) in [5, 5.41) is 9.07. The first-order valence-corrected chi connectivity index (χ1v) is 6.33. The molecule has 0 aliphatic carbocycles. The Kier molecular flexibility index (Phi) is 4.25. The number of carbonyl (C=O) groups is 2. The SMILES string of the molecule is CN(C(=O)c1c(F)cccc1Cl)C1COCC1C(=O)O. The van der Waals surface area contributed by atoms with Crippen LogP contribution in [0, 0.1) is 11.7 Å². The minimum atomic E-state index is -1.05. The first-order valence-electron chi connectivity index (χ1n) is 5.95. The number of carboxylic acids is 1. The van der Waals surface area contributed by atoms with Crippen molar-refractivity contribution < 1.29 is 23.8 Å². The second-order valence-corrected chi connectivity index (χ2v) is 4.97. The van der Waals surface area contributed by atoms with Crippen molar-refractivity contribution in [1.29, 1.82) is 0 Å². The lowest BCUT2D eigenvalue weighted by molar-refractivity contribution is -0.142. The van der Waals surface area contributed by atoms with E-state index in [0.29, 0.717) is 0 Å². The molecule has 2 rings (SSSR count). The lowest BCUT2D eigenvalue weighted by atomic mass is 10.0. The van der Waals surface area contributed by atoms with E-state index in [2.05, 4.69) is 0 Å². The minimum Gasteiger partial charge on any atom is -0.481 e. The first-order chi connectivity index (χ1) is 9.43. The van der Waals surface area contributed by atoms with Crippen molar-refractivity contribution in [3.05, 3.63) is 34.6 Å². The van der Waals surface area contributed by atoms with Crippen molar-refractivity contribution in [3.63, 3.8) is 0 Å². The monoisotopic (exact) mass is 301 g/mol. The first kappa shape index (κ1) is 14.7. The molecular weight excluding hydrogens is 289 g/mol. The summed E-state index contributed by atoms with van der Waals surface area (Å²) >= 11 is 5.84. The summed E-state index contributed by atoms with van der Waals surface area (Å²) in [6.45, 7) is 0.133. The topological polar surface area (TPSA) is 66.8 Å². The van der Waals surface area contributed by atoms with Gasteiger partial charge in [0.15, 0.2) is 0 Å². The largest absolute Gasteiger partial charge is 0.481 e. The van der Waals surface area contributed by atoms with Crippen LogP contribution in [0.3, 0.4) is 0 Å². The number of likely N-dealkylation sites (N-methyl/N-ethyl adjacent to an activating group) is 1. The average Bonchev–Trinajstić information content (AvgIpc) is 2.86. The maximum absolute atomic E-state index is 13.7. The summed E-state index contributed by atoms with van der Waals surface area (Å²) in [5.41, 5.74) is -0.257. The van der Waals surface area contributed by atoms with Gasteiger partial charge in [0.05, 0.1) is 29.8 Å². The van der Waals surface area contributed by atoms with Gasteiger partial charge >= 0.3 is 5.97 Å². The van der Waals surface area contributed by atoms with E-state index >= 15 is 0 Å². The standard InChI is InChI=1S/C13H13ClFNO4/c1-16(10-6-20-5-7(10)13(18)19)12(17)11-8(14)3-2-4-9(11)15/h2-4,7,10H,5-6H2,1H3,(H,18,19). The molecule has 1 N–H and O–H groups in total. The molecule has 5 nitrogen and oxygen atoms in total. The zero-order chi connectivity index (χ0) is 14.9. The number of hydrogen-bond acceptors (Lipinski definition) is 3. The van der Waals surface area contributed by atoms with Crippen molar-refractivity contribution in [3.8, 4) is 0 Å². The molecule has 1 amide bonds. The average molecular weight is 302 g/mol. The normalized spacial score (nSPS) is 21.8. The molecule has 1 saturated heterocycles. The third kappa shape index (κ3) is 2.62. The van der Waals surface area contributed by atoms with E-state index in [1.165, 1.54) is 24.1 Å². The third-order valence-corrected chi connectivity index (χ3v) is 3.68. The Balaban J connectivity index is 2.27. The lowest BCUT2D eigenvalue weighted by Crippen LogP contribution is -2.44. The highest BCUT2D eigenvalue weighted by atomic mass is 35.5. The van der Waals surface area contributed by atoms with Crippen LogP contribution in [0.15, 0.2) is 18.2 Å². The number of hydrogen-bond donors (Lipinski definition) is 1. The summed E-state index contributed by atoms with van der Waals surface area (Å²) in [4.78, 5) is 24.6. The van der Waals surface area contributed by atoms with Gasteiger partial charge in [-0.2, -0.15) is 0 Å². The quantitative estimate of drug-likeness (QED) is 0.922. The fourth-order valence-electron chi connectivity index (χ4n) is 2.19. The fraction of sp³-hybridized carbons (Fsp3) is 0.385. The summed E-state index contributed by atoms with van der Waals surface area (Å²) in [6.07, 6.45) is 0. The Morgan fingerprint density at radius 3 is 2.75 bits per heavy atom. The van der Waals surface area contributed by atoms with Crippen molar-refractivity contribution in [2.75, 3.05) is 20.3 Å². The van der Waals surface area contributed by atoms with Gasteiger partial charge in [0.25, 0.3) is 5.91 Å². The second kappa shape index (κ2) is 5.76. The molecule has 1 heterocycles. The zero-order valence-corrected chi connectivity index (χ0v) is 11.4. The number of ether oxygens (including phenoxy) is 1. The van der Waals surface area contributed by atoms with Crippen molar-refractivity contribution in [1.82, 2.24) is 4.90 Å². The van der Waals surface area contributed by atoms with Gasteiger partial charge in [-0.1, -0.05) is 17.7 Å². The number of halogens is 2. The van der Waals surface area contributed by atoms with E-state index in [0.717, 1.165) is 6.07 Å². The number of aliphatic carboxylic acids is 1. The van der Waals surface area contributed by atoms with Crippen LogP contribution in [0.4, 0.5) is 4.39 Å². The number of carboxylic acid groups (broad SMARTS) is 1. The molecule has 0 aromatic heterocycles. The van der Waals surface area contributed by atoms with Gasteiger partial charge in [-0.15, -0.1) is 0 Å². The van der Waals surface area contributed by atoms with Crippen LogP contribution < -0.4 is 0 Å². The minimum absolute atomic E-state index is 0.00681. The van der Waals surface area contributed by atoms with Gasteiger partial charge in [0, 0.05) is 7.05 Å². The van der Waals surface area contributed by atoms with Gasteiger partial charge in [-0.3, -0.25) is 9.59 Å². The smallest absolute Gasteiger partial charge is 0.311 e. The van der Waals surface area contributed by atoms with Crippen LogP contribution in [-0.4, -0.2) is 48.2 Å². The van der Waals surface area contributed by atoms with Crippen LogP contribution >= 0.6 is 11.6 Å². The molecule has 1 aliphatic rings. The van der Waals surface area contributed by atoms with Gasteiger partial charge in [0.1, 0.15) is 11.7 Å². The van der Waals surface area contributed by atoms with Crippen LogP contribution in [0.25, 0.3) is 0 Å². The molecule has 0 radical (unpaired) electrons. The molecule has 1 fully saturated rings. The predicted molar refractivity (Wildman–Crippen MR) is 69.2 cm³/mol. The van der Waals surface area contributed by atoms with Gasteiger partial charge in [-0.25, -0.2) is 4.39 Å². The maximum atomic E-state index is 13.7. The van der Waals surface area contributed by atoms with Gasteiger partial charge in [-0.05, 0) is 12.1 Å². The fourth-order valence-corrected chi connectivity index (χ4v) is 2.43. The molecular formula is C13H13ClFNO4. The molecule has 0 spiro atoms. The molecule has 2 atom stereocenters. The van der Waals surface area contributed by atoms with E-state index in [1.54, 1.807) is 0 Å². The highest BCUT2D eigenvalue weighted by Crippen LogP contribution is 2.25. The van der Waals surface area contributed by atoms with Crippen LogP contribution in [0.1, 0.15) is 10.4 Å². The molecule has 0 bridgehead atoms. The van der Waals surface area contributed by atoms with Crippen LogP contribution in [-0.2, 0) is 9.53 Å². The van der Waals surface area contributed by atoms with E-state index in [1.807, 2.05) is 0 Å². The van der Waals surface area contributed by atoms with Gasteiger partial charge in [0.2, 0.25) is 0 Å². The van der Waals surface area contributed by atoms with Gasteiger partial charge < -0.3 is 14.7 Å². The number of amides is 1. The molecule has 0 saturated carbocycles. The van der Waals surface area contributed by atoms with E-state index in [4.69, 9.17) is 21.4 Å². The van der Waals surface area contributed by atoms with Crippen molar-refractivity contribution in [2.45, 2.75) is 6.04 Å². The Labute approximate surface area is 119 Å². The maximum Gasteiger partial charge on any atom is 0.311 e. The van der Waals surface area contributed by atoms with Crippen molar-refractivity contribution >= 4 is 23.5 Å². The Morgan fingerprint density at radius 2 is 2.15 bits per heavy atom.